The first kappa shape index (κ1) is 20.6. The van der Waals surface area contributed by atoms with Crippen molar-refractivity contribution in [1.82, 2.24) is 9.88 Å². The van der Waals surface area contributed by atoms with Crippen LogP contribution in [-0.2, 0) is 11.2 Å². The molecular weight excluding hydrogens is 394 g/mol. The molecule has 8 nitrogen and oxygen atoms in total. The van der Waals surface area contributed by atoms with Gasteiger partial charge in [-0.3, -0.25) is 14.9 Å². The number of amides is 1. The summed E-state index contributed by atoms with van der Waals surface area (Å²) in [4.78, 5) is 30.6. The molecule has 1 amide bonds. The lowest BCUT2D eigenvalue weighted by atomic mass is 10.0. The maximum absolute atomic E-state index is 13.1. The number of carbonyl (C=O) groups excluding carboxylic acids is 1. The summed E-state index contributed by atoms with van der Waals surface area (Å²) in [6.45, 7) is 7.09. The van der Waals surface area contributed by atoms with Crippen molar-refractivity contribution in [3.05, 3.63) is 76.5 Å². The van der Waals surface area contributed by atoms with Crippen molar-refractivity contribution in [1.29, 1.82) is 0 Å². The van der Waals surface area contributed by atoms with E-state index in [1.54, 1.807) is 12.1 Å². The Hall–Kier alpha value is -3.65. The summed E-state index contributed by atoms with van der Waals surface area (Å²) in [6.07, 6.45) is 2.73. The van der Waals surface area contributed by atoms with Crippen molar-refractivity contribution >= 4 is 33.8 Å². The minimum absolute atomic E-state index is 0.0707. The van der Waals surface area contributed by atoms with Crippen LogP contribution in [0.15, 0.2) is 55.2 Å². The Kier molecular flexibility index (Phi) is 5.73. The highest BCUT2D eigenvalue weighted by Crippen LogP contribution is 2.26. The predicted octanol–water partition coefficient (Wildman–Crippen LogP) is 2.94. The minimum Gasteiger partial charge on any atom is -0.368 e. The lowest BCUT2D eigenvalue weighted by Gasteiger charge is -2.36. The summed E-state index contributed by atoms with van der Waals surface area (Å²) >= 11 is 0. The number of anilines is 1. The van der Waals surface area contributed by atoms with Crippen LogP contribution in [0.3, 0.4) is 0 Å². The average Bonchev–Trinajstić information content (AvgIpc) is 3.20. The predicted molar refractivity (Wildman–Crippen MR) is 122 cm³/mol. The number of nitrogens with two attached hydrogens (primary N) is 1. The number of nitro benzene ring substituents is 1. The van der Waals surface area contributed by atoms with Gasteiger partial charge in [-0.1, -0.05) is 12.6 Å². The van der Waals surface area contributed by atoms with Crippen molar-refractivity contribution in [3.63, 3.8) is 0 Å². The number of benzene rings is 2. The molecule has 1 saturated heterocycles. The molecule has 1 aliphatic heterocycles. The maximum Gasteiger partial charge on any atom is 0.269 e. The molecular formula is C23H25N5O3. The van der Waals surface area contributed by atoms with Crippen LogP contribution in [-0.4, -0.2) is 53.4 Å². The van der Waals surface area contributed by atoms with Gasteiger partial charge < -0.3 is 20.5 Å². The van der Waals surface area contributed by atoms with Crippen molar-refractivity contribution in [2.24, 2.45) is 5.73 Å². The highest BCUT2D eigenvalue weighted by Gasteiger charge is 2.24. The van der Waals surface area contributed by atoms with E-state index in [4.69, 9.17) is 5.73 Å². The van der Waals surface area contributed by atoms with E-state index in [9.17, 15) is 14.9 Å². The number of piperazine rings is 1. The molecule has 160 valence electrons. The number of rotatable bonds is 6. The van der Waals surface area contributed by atoms with E-state index in [-0.39, 0.29) is 11.6 Å². The second-order valence-corrected chi connectivity index (χ2v) is 7.64. The fourth-order valence-electron chi connectivity index (χ4n) is 4.00. The standard InChI is InChI=1S/C23H25N5O3/c1-16(17-2-7-22-21(14-17)18(8-9-24)15-25-22)23(29)27-12-10-26(11-13-27)19-3-5-20(6-4-19)28(30)31/h2-7,14-15,25H,1,8-13,24H2. The van der Waals surface area contributed by atoms with E-state index in [0.29, 0.717) is 38.3 Å². The number of nitrogens with one attached hydrogen (secondary N) is 1. The fourth-order valence-corrected chi connectivity index (χ4v) is 4.00. The highest BCUT2D eigenvalue weighted by molar-refractivity contribution is 6.19. The van der Waals surface area contributed by atoms with E-state index in [1.165, 1.54) is 12.1 Å². The number of non-ortho nitro benzene ring substituents is 1. The van der Waals surface area contributed by atoms with Crippen LogP contribution in [0.4, 0.5) is 11.4 Å². The second-order valence-electron chi connectivity index (χ2n) is 7.64. The van der Waals surface area contributed by atoms with E-state index in [0.717, 1.165) is 34.1 Å². The first-order chi connectivity index (χ1) is 15.0. The number of hydrogen-bond acceptors (Lipinski definition) is 5. The Balaban J connectivity index is 1.42. The molecule has 1 aliphatic rings. The zero-order valence-electron chi connectivity index (χ0n) is 17.2. The maximum atomic E-state index is 13.1. The molecule has 2 aromatic carbocycles. The van der Waals surface area contributed by atoms with Gasteiger partial charge in [-0.15, -0.1) is 0 Å². The highest BCUT2D eigenvalue weighted by atomic mass is 16.6. The number of aromatic nitrogens is 1. The quantitative estimate of drug-likeness (QED) is 0.363. The van der Waals surface area contributed by atoms with Gasteiger partial charge in [0.15, 0.2) is 0 Å². The normalized spacial score (nSPS) is 14.1. The summed E-state index contributed by atoms with van der Waals surface area (Å²) < 4.78 is 0. The van der Waals surface area contributed by atoms with E-state index < -0.39 is 4.92 Å². The van der Waals surface area contributed by atoms with Gasteiger partial charge in [-0.2, -0.15) is 0 Å². The second kappa shape index (κ2) is 8.61. The van der Waals surface area contributed by atoms with Crippen molar-refractivity contribution in [2.45, 2.75) is 6.42 Å². The van der Waals surface area contributed by atoms with Crippen molar-refractivity contribution in [3.8, 4) is 0 Å². The van der Waals surface area contributed by atoms with Crippen LogP contribution in [0.5, 0.6) is 0 Å². The van der Waals surface area contributed by atoms with Gasteiger partial charge in [-0.05, 0) is 48.4 Å². The van der Waals surface area contributed by atoms with Gasteiger partial charge in [0.25, 0.3) is 11.6 Å². The first-order valence-corrected chi connectivity index (χ1v) is 10.3. The molecule has 0 atom stereocenters. The Bertz CT molecular complexity index is 1130. The van der Waals surface area contributed by atoms with Gasteiger partial charge >= 0.3 is 0 Å². The monoisotopic (exact) mass is 419 g/mol. The van der Waals surface area contributed by atoms with Crippen LogP contribution in [0.1, 0.15) is 11.1 Å². The van der Waals surface area contributed by atoms with Crippen LogP contribution < -0.4 is 10.6 Å². The molecule has 4 rings (SSSR count). The topological polar surface area (TPSA) is 108 Å². The van der Waals surface area contributed by atoms with E-state index in [2.05, 4.69) is 16.5 Å². The third kappa shape index (κ3) is 4.15. The molecule has 0 saturated carbocycles. The van der Waals surface area contributed by atoms with Crippen LogP contribution in [0, 0.1) is 10.1 Å². The molecule has 0 spiro atoms. The molecule has 31 heavy (non-hydrogen) atoms. The van der Waals surface area contributed by atoms with Crippen LogP contribution in [0.25, 0.3) is 16.5 Å². The van der Waals surface area contributed by atoms with Crippen LogP contribution >= 0.6 is 0 Å². The third-order valence-corrected chi connectivity index (χ3v) is 5.78. The molecule has 0 unspecified atom stereocenters. The molecule has 2 heterocycles. The zero-order valence-corrected chi connectivity index (χ0v) is 17.2. The molecule has 1 aromatic heterocycles. The van der Waals surface area contributed by atoms with Gasteiger partial charge in [-0.25, -0.2) is 0 Å². The largest absolute Gasteiger partial charge is 0.368 e. The lowest BCUT2D eigenvalue weighted by molar-refractivity contribution is -0.384. The summed E-state index contributed by atoms with van der Waals surface area (Å²) in [7, 11) is 0. The van der Waals surface area contributed by atoms with Crippen LogP contribution in [0.2, 0.25) is 0 Å². The Morgan fingerprint density at radius 3 is 2.48 bits per heavy atom. The molecule has 3 N–H and O–H groups in total. The Morgan fingerprint density at radius 2 is 1.84 bits per heavy atom. The van der Waals surface area contributed by atoms with Gasteiger partial charge in [0.1, 0.15) is 0 Å². The SMILES string of the molecule is C=C(C(=O)N1CCN(c2ccc([N+](=O)[O-])cc2)CC1)c1ccc2[nH]cc(CCN)c2c1. The number of carbonyl (C=O) groups is 1. The summed E-state index contributed by atoms with van der Waals surface area (Å²) in [5.74, 6) is -0.0707. The number of hydrogen-bond donors (Lipinski definition) is 2. The lowest BCUT2D eigenvalue weighted by Crippen LogP contribution is -2.48. The molecule has 0 bridgehead atoms. The molecule has 0 aliphatic carbocycles. The zero-order chi connectivity index (χ0) is 22.0. The van der Waals surface area contributed by atoms with Gasteiger partial charge in [0.05, 0.1) is 4.92 Å². The third-order valence-electron chi connectivity index (χ3n) is 5.78. The number of nitrogens with zero attached hydrogens (tertiary/aromatic N) is 3. The van der Waals surface area contributed by atoms with Gasteiger partial charge in [0, 0.05) is 66.7 Å². The van der Waals surface area contributed by atoms with Gasteiger partial charge in [0.2, 0.25) is 0 Å². The summed E-state index contributed by atoms with van der Waals surface area (Å²) in [5, 5.41) is 11.9. The van der Waals surface area contributed by atoms with Crippen molar-refractivity contribution in [2.75, 3.05) is 37.6 Å². The molecule has 0 radical (unpaired) electrons. The Labute approximate surface area is 180 Å². The number of aromatic amines is 1. The average molecular weight is 419 g/mol. The first-order valence-electron chi connectivity index (χ1n) is 10.3. The number of fused-ring (bicyclic) bond motifs is 1. The molecule has 8 heteroatoms. The minimum atomic E-state index is -0.407. The fraction of sp³-hybridized carbons (Fsp3) is 0.261. The number of H-pyrrole nitrogens is 1. The molecule has 3 aromatic rings. The van der Waals surface area contributed by atoms with Crippen molar-refractivity contribution < 1.29 is 9.72 Å². The summed E-state index contributed by atoms with van der Waals surface area (Å²) in [6, 6.07) is 12.4. The van der Waals surface area contributed by atoms with E-state index in [1.807, 2.05) is 29.3 Å². The number of nitro groups is 1. The molecule has 1 fully saturated rings. The smallest absolute Gasteiger partial charge is 0.269 e. The van der Waals surface area contributed by atoms with E-state index >= 15 is 0 Å². The Morgan fingerprint density at radius 1 is 1.13 bits per heavy atom. The summed E-state index contributed by atoms with van der Waals surface area (Å²) in [5.41, 5.74) is 10.1.